The first kappa shape index (κ1) is 27.2. The first-order chi connectivity index (χ1) is 14.5. The molecule has 1 aromatic rings. The van der Waals surface area contributed by atoms with E-state index < -0.39 is 0 Å². The minimum atomic E-state index is 0.182. The lowest BCUT2D eigenvalue weighted by atomic mass is 9.88. The second-order valence-electron chi connectivity index (χ2n) is 10.0. The van der Waals surface area contributed by atoms with E-state index in [0.717, 1.165) is 0 Å². The van der Waals surface area contributed by atoms with E-state index in [9.17, 15) is 0 Å². The molecule has 0 atom stereocenters. The van der Waals surface area contributed by atoms with Crippen LogP contribution < -0.4 is 0 Å². The Labute approximate surface area is 190 Å². The molecule has 0 radical (unpaired) electrons. The van der Waals surface area contributed by atoms with E-state index in [1.165, 1.54) is 120 Å². The predicted molar refractivity (Wildman–Crippen MR) is 136 cm³/mol. The molecule has 0 N–H and O–H groups in total. The van der Waals surface area contributed by atoms with Crippen molar-refractivity contribution in [1.29, 1.82) is 0 Å². The molecule has 0 spiro atoms. The Hall–Kier alpha value is -0.820. The molecule has 0 heterocycles. The van der Waals surface area contributed by atoms with Crippen molar-refractivity contribution in [1.82, 2.24) is 0 Å². The van der Waals surface area contributed by atoms with Crippen LogP contribution in [0.15, 0.2) is 30.3 Å². The first-order valence-electron chi connectivity index (χ1n) is 13.5. The van der Waals surface area contributed by atoms with Crippen LogP contribution in [0.3, 0.4) is 0 Å². The molecule has 1 nitrogen and oxygen atoms in total. The van der Waals surface area contributed by atoms with Crippen LogP contribution in [-0.2, 0) is 5.54 Å². The van der Waals surface area contributed by atoms with Gasteiger partial charge in [0.15, 0.2) is 0 Å². The highest BCUT2D eigenvalue weighted by molar-refractivity contribution is 5.20. The summed E-state index contributed by atoms with van der Waals surface area (Å²) >= 11 is 0. The fourth-order valence-corrected chi connectivity index (χ4v) is 5.34. The molecule has 0 aromatic heterocycles. The number of hydrogen-bond donors (Lipinski definition) is 0. The van der Waals surface area contributed by atoms with Crippen molar-refractivity contribution in [2.75, 3.05) is 19.6 Å². The topological polar surface area (TPSA) is 0 Å². The Morgan fingerprint density at radius 3 is 1.37 bits per heavy atom. The summed E-state index contributed by atoms with van der Waals surface area (Å²) in [5, 5.41) is 0. The van der Waals surface area contributed by atoms with Crippen molar-refractivity contribution in [2.45, 2.75) is 130 Å². The summed E-state index contributed by atoms with van der Waals surface area (Å²) in [6.45, 7) is 15.7. The van der Waals surface area contributed by atoms with Crippen molar-refractivity contribution in [3.63, 3.8) is 0 Å². The van der Waals surface area contributed by atoms with E-state index in [2.05, 4.69) is 65.0 Å². The molecule has 0 bridgehead atoms. The van der Waals surface area contributed by atoms with Gasteiger partial charge in [-0.25, -0.2) is 0 Å². The van der Waals surface area contributed by atoms with Gasteiger partial charge in [-0.1, -0.05) is 114 Å². The van der Waals surface area contributed by atoms with E-state index in [0.29, 0.717) is 0 Å². The summed E-state index contributed by atoms with van der Waals surface area (Å²) in [6.07, 6.45) is 20.1. The van der Waals surface area contributed by atoms with Crippen molar-refractivity contribution in [2.24, 2.45) is 0 Å². The average Bonchev–Trinajstić information content (AvgIpc) is 2.77. The first-order valence-corrected chi connectivity index (χ1v) is 13.5. The van der Waals surface area contributed by atoms with Gasteiger partial charge in [-0.3, -0.25) is 0 Å². The maximum Gasteiger partial charge on any atom is 0.119 e. The van der Waals surface area contributed by atoms with E-state index >= 15 is 0 Å². The van der Waals surface area contributed by atoms with Crippen LogP contribution in [0.2, 0.25) is 0 Å². The van der Waals surface area contributed by atoms with Crippen LogP contribution in [0.5, 0.6) is 0 Å². The van der Waals surface area contributed by atoms with Crippen LogP contribution in [-0.4, -0.2) is 24.1 Å². The van der Waals surface area contributed by atoms with Crippen LogP contribution >= 0.6 is 0 Å². The highest BCUT2D eigenvalue weighted by Crippen LogP contribution is 2.35. The molecule has 1 aromatic carbocycles. The lowest BCUT2D eigenvalue weighted by molar-refractivity contribution is -0.977. The van der Waals surface area contributed by atoms with Gasteiger partial charge < -0.3 is 4.48 Å². The molecule has 0 saturated heterocycles. The molecule has 0 fully saturated rings. The molecule has 30 heavy (non-hydrogen) atoms. The predicted octanol–water partition coefficient (Wildman–Crippen LogP) is 9.26. The molecular formula is C29H54N+. The van der Waals surface area contributed by atoms with Gasteiger partial charge in [-0.05, 0) is 40.5 Å². The average molecular weight is 417 g/mol. The minimum absolute atomic E-state index is 0.182. The van der Waals surface area contributed by atoms with Gasteiger partial charge in [-0.2, -0.15) is 0 Å². The second-order valence-corrected chi connectivity index (χ2v) is 10.0. The highest BCUT2D eigenvalue weighted by atomic mass is 15.4. The third-order valence-corrected chi connectivity index (χ3v) is 7.82. The largest absolute Gasteiger partial charge is 0.316 e. The van der Waals surface area contributed by atoms with E-state index in [-0.39, 0.29) is 5.54 Å². The molecule has 0 unspecified atom stereocenters. The molecule has 174 valence electrons. The Morgan fingerprint density at radius 2 is 0.967 bits per heavy atom. The van der Waals surface area contributed by atoms with Gasteiger partial charge in [0.05, 0.1) is 19.6 Å². The Balaban J connectivity index is 2.19. The standard InChI is InChI=1S/C29H54N/c1-6-9-10-11-12-13-14-15-16-17-18-19-20-24-27-30(7-2,8-3)29(4,5)28-25-22-21-23-26-28/h21-23,25-26H,6-20,24,27H2,1-5H3/q+1. The maximum atomic E-state index is 2.46. The smallest absolute Gasteiger partial charge is 0.119 e. The Bertz CT molecular complexity index is 500. The summed E-state index contributed by atoms with van der Waals surface area (Å²) in [5.74, 6) is 0. The van der Waals surface area contributed by atoms with Crippen LogP contribution in [0.4, 0.5) is 0 Å². The third-order valence-electron chi connectivity index (χ3n) is 7.82. The minimum Gasteiger partial charge on any atom is -0.316 e. The fraction of sp³-hybridized carbons (Fsp3) is 0.793. The summed E-state index contributed by atoms with van der Waals surface area (Å²) in [7, 11) is 0. The molecule has 0 aliphatic heterocycles. The van der Waals surface area contributed by atoms with Crippen molar-refractivity contribution in [3.05, 3.63) is 35.9 Å². The molecule has 1 heteroatoms. The monoisotopic (exact) mass is 416 g/mol. The molecule has 0 amide bonds. The van der Waals surface area contributed by atoms with Crippen LogP contribution in [0, 0.1) is 0 Å². The molecule has 0 saturated carbocycles. The molecule has 0 aliphatic rings. The number of benzene rings is 1. The van der Waals surface area contributed by atoms with E-state index in [4.69, 9.17) is 0 Å². The lowest BCUT2D eigenvalue weighted by Crippen LogP contribution is -2.60. The zero-order chi connectivity index (χ0) is 22.1. The number of quaternary nitrogens is 1. The number of unbranched alkanes of at least 4 members (excludes halogenated alkanes) is 13. The number of nitrogens with zero attached hydrogens (tertiary/aromatic N) is 1. The summed E-state index contributed by atoms with van der Waals surface area (Å²) < 4.78 is 1.20. The van der Waals surface area contributed by atoms with Gasteiger partial charge >= 0.3 is 0 Å². The van der Waals surface area contributed by atoms with Crippen molar-refractivity contribution >= 4 is 0 Å². The van der Waals surface area contributed by atoms with Crippen LogP contribution in [0.1, 0.15) is 130 Å². The second kappa shape index (κ2) is 15.9. The molecule has 1 rings (SSSR count). The van der Waals surface area contributed by atoms with E-state index in [1.54, 1.807) is 0 Å². The van der Waals surface area contributed by atoms with Crippen LogP contribution in [0.25, 0.3) is 0 Å². The molecular weight excluding hydrogens is 362 g/mol. The van der Waals surface area contributed by atoms with Crippen molar-refractivity contribution < 1.29 is 4.48 Å². The molecule has 0 aliphatic carbocycles. The van der Waals surface area contributed by atoms with Gasteiger partial charge in [0.25, 0.3) is 0 Å². The zero-order valence-electron chi connectivity index (χ0n) is 21.4. The third kappa shape index (κ3) is 9.13. The number of hydrogen-bond acceptors (Lipinski definition) is 0. The fourth-order valence-electron chi connectivity index (χ4n) is 5.34. The summed E-state index contributed by atoms with van der Waals surface area (Å²) in [5.41, 5.74) is 1.67. The SMILES string of the molecule is CCCCCCCCCCCCCCCC[N+](CC)(CC)C(C)(C)c1ccccc1. The Kier molecular flexibility index (Phi) is 14.4. The summed E-state index contributed by atoms with van der Waals surface area (Å²) in [4.78, 5) is 0. The zero-order valence-corrected chi connectivity index (χ0v) is 21.4. The van der Waals surface area contributed by atoms with Gasteiger partial charge in [0, 0.05) is 5.56 Å². The number of rotatable bonds is 19. The van der Waals surface area contributed by atoms with Gasteiger partial charge in [0.1, 0.15) is 5.54 Å². The highest BCUT2D eigenvalue weighted by Gasteiger charge is 2.41. The van der Waals surface area contributed by atoms with Gasteiger partial charge in [-0.15, -0.1) is 0 Å². The summed E-state index contributed by atoms with van der Waals surface area (Å²) in [6, 6.07) is 11.2. The maximum absolute atomic E-state index is 2.46. The quantitative estimate of drug-likeness (QED) is 0.156. The van der Waals surface area contributed by atoms with Gasteiger partial charge in [0.2, 0.25) is 0 Å². The normalized spacial score (nSPS) is 12.4. The lowest BCUT2D eigenvalue weighted by Gasteiger charge is -2.50. The Morgan fingerprint density at radius 1 is 0.567 bits per heavy atom. The van der Waals surface area contributed by atoms with E-state index in [1.807, 2.05) is 0 Å². The van der Waals surface area contributed by atoms with Crippen molar-refractivity contribution in [3.8, 4) is 0 Å².